The molecule has 1 amide bonds. The summed E-state index contributed by atoms with van der Waals surface area (Å²) < 4.78 is 22.3. The second-order valence-corrected chi connectivity index (χ2v) is 9.63. The first kappa shape index (κ1) is 17.8. The molecule has 5 nitrogen and oxygen atoms in total. The summed E-state index contributed by atoms with van der Waals surface area (Å²) in [5, 5.41) is 3.62. The van der Waals surface area contributed by atoms with Gasteiger partial charge in [0.25, 0.3) is 0 Å². The fourth-order valence-corrected chi connectivity index (χ4v) is 5.38. The summed E-state index contributed by atoms with van der Waals surface area (Å²) in [6.07, 6.45) is 4.67. The van der Waals surface area contributed by atoms with Crippen molar-refractivity contribution in [1.82, 2.24) is 5.32 Å². The number of carbonyl (C=O) groups is 1. The summed E-state index contributed by atoms with van der Waals surface area (Å²) in [5.74, 6) is 0.481. The number of hydrogen-bond acceptors (Lipinski definition) is 5. The van der Waals surface area contributed by atoms with Gasteiger partial charge in [0.15, 0.2) is 0 Å². The zero-order valence-corrected chi connectivity index (χ0v) is 14.1. The maximum absolute atomic E-state index is 11.8. The standard InChI is InChI=1S/C13H26N2O3S2/c1-10(2)15-13(12(14)16)6-4-5-11(9-13)19-7-8-20(3,17)18/h10-11,15H,4-9H2,1-3H3,(H2,14,16). The minimum atomic E-state index is -2.92. The highest BCUT2D eigenvalue weighted by atomic mass is 32.2. The molecule has 0 aromatic carbocycles. The molecular formula is C13H26N2O3S2. The van der Waals surface area contributed by atoms with Gasteiger partial charge in [-0.2, -0.15) is 11.8 Å². The molecule has 0 spiro atoms. The molecule has 0 bridgehead atoms. The summed E-state index contributed by atoms with van der Waals surface area (Å²) in [6.45, 7) is 4.01. The third-order valence-electron chi connectivity index (χ3n) is 3.55. The van der Waals surface area contributed by atoms with E-state index in [0.717, 1.165) is 19.3 Å². The Bertz CT molecular complexity index is 437. The Hall–Kier alpha value is -0.270. The van der Waals surface area contributed by atoms with Gasteiger partial charge in [-0.3, -0.25) is 4.79 Å². The Morgan fingerprint density at radius 3 is 2.65 bits per heavy atom. The van der Waals surface area contributed by atoms with E-state index in [4.69, 9.17) is 5.73 Å². The molecule has 1 rings (SSSR count). The average Bonchev–Trinajstić information content (AvgIpc) is 2.26. The number of sulfone groups is 1. The van der Waals surface area contributed by atoms with Crippen LogP contribution in [0.4, 0.5) is 0 Å². The number of nitrogens with one attached hydrogen (secondary N) is 1. The Balaban J connectivity index is 2.61. The van der Waals surface area contributed by atoms with Gasteiger partial charge in [-0.05, 0) is 39.5 Å². The Morgan fingerprint density at radius 2 is 2.15 bits per heavy atom. The number of hydrogen-bond donors (Lipinski definition) is 2. The molecule has 0 aromatic rings. The highest BCUT2D eigenvalue weighted by Gasteiger charge is 2.41. The van der Waals surface area contributed by atoms with Crippen molar-refractivity contribution in [3.63, 3.8) is 0 Å². The first-order valence-electron chi connectivity index (χ1n) is 7.01. The molecule has 3 N–H and O–H groups in total. The molecule has 20 heavy (non-hydrogen) atoms. The summed E-state index contributed by atoms with van der Waals surface area (Å²) in [6, 6.07) is 0.197. The van der Waals surface area contributed by atoms with Gasteiger partial charge in [0.1, 0.15) is 9.84 Å². The molecule has 7 heteroatoms. The third kappa shape index (κ3) is 5.61. The van der Waals surface area contributed by atoms with Gasteiger partial charge >= 0.3 is 0 Å². The van der Waals surface area contributed by atoms with Gasteiger partial charge in [-0.1, -0.05) is 0 Å². The molecule has 0 aromatic heterocycles. The third-order valence-corrected chi connectivity index (χ3v) is 6.07. The van der Waals surface area contributed by atoms with E-state index in [1.165, 1.54) is 6.26 Å². The first-order valence-corrected chi connectivity index (χ1v) is 10.1. The zero-order valence-electron chi connectivity index (χ0n) is 12.5. The Labute approximate surface area is 126 Å². The normalized spacial score (nSPS) is 27.7. The van der Waals surface area contributed by atoms with E-state index in [1.807, 2.05) is 13.8 Å². The lowest BCUT2D eigenvalue weighted by atomic mass is 9.80. The summed E-state index contributed by atoms with van der Waals surface area (Å²) in [5.41, 5.74) is 4.97. The minimum absolute atomic E-state index is 0.190. The van der Waals surface area contributed by atoms with Gasteiger partial charge in [-0.15, -0.1) is 0 Å². The van der Waals surface area contributed by atoms with Crippen LogP contribution in [0.2, 0.25) is 0 Å². The number of primary amides is 1. The van der Waals surface area contributed by atoms with Crippen LogP contribution in [0.1, 0.15) is 39.5 Å². The fourth-order valence-electron chi connectivity index (χ4n) is 2.71. The maximum atomic E-state index is 11.8. The fraction of sp³-hybridized carbons (Fsp3) is 0.923. The molecule has 0 aliphatic heterocycles. The van der Waals surface area contributed by atoms with E-state index in [-0.39, 0.29) is 17.7 Å². The van der Waals surface area contributed by atoms with Crippen LogP contribution in [0, 0.1) is 0 Å². The monoisotopic (exact) mass is 322 g/mol. The van der Waals surface area contributed by atoms with Crippen LogP contribution < -0.4 is 11.1 Å². The van der Waals surface area contributed by atoms with E-state index in [0.29, 0.717) is 17.4 Å². The van der Waals surface area contributed by atoms with Crippen LogP contribution in [-0.2, 0) is 14.6 Å². The SMILES string of the molecule is CC(C)NC1(C(N)=O)CCCC(SCCS(C)(=O)=O)C1. The van der Waals surface area contributed by atoms with E-state index >= 15 is 0 Å². The van der Waals surface area contributed by atoms with Crippen LogP contribution in [0.25, 0.3) is 0 Å². The van der Waals surface area contributed by atoms with Gasteiger partial charge in [0.2, 0.25) is 5.91 Å². The highest BCUT2D eigenvalue weighted by Crippen LogP contribution is 2.35. The van der Waals surface area contributed by atoms with Gasteiger partial charge in [0.05, 0.1) is 11.3 Å². The molecule has 0 saturated heterocycles. The topological polar surface area (TPSA) is 89.3 Å². The van der Waals surface area contributed by atoms with Crippen molar-refractivity contribution in [1.29, 1.82) is 0 Å². The van der Waals surface area contributed by atoms with Crippen molar-refractivity contribution in [3.8, 4) is 0 Å². The van der Waals surface area contributed by atoms with Crippen molar-refractivity contribution in [2.45, 2.75) is 56.4 Å². The van der Waals surface area contributed by atoms with E-state index in [1.54, 1.807) is 11.8 Å². The van der Waals surface area contributed by atoms with Crippen molar-refractivity contribution in [2.75, 3.05) is 17.8 Å². The molecule has 0 radical (unpaired) electrons. The second-order valence-electron chi connectivity index (χ2n) is 5.96. The number of rotatable bonds is 7. The quantitative estimate of drug-likeness (QED) is 0.728. The predicted molar refractivity (Wildman–Crippen MR) is 84.6 cm³/mol. The minimum Gasteiger partial charge on any atom is -0.368 e. The van der Waals surface area contributed by atoms with Crippen molar-refractivity contribution in [2.24, 2.45) is 5.73 Å². The van der Waals surface area contributed by atoms with Gasteiger partial charge in [0, 0.05) is 23.3 Å². The van der Waals surface area contributed by atoms with Crippen LogP contribution in [-0.4, -0.2) is 48.9 Å². The van der Waals surface area contributed by atoms with E-state index in [2.05, 4.69) is 5.32 Å². The number of amides is 1. The van der Waals surface area contributed by atoms with Crippen LogP contribution in [0.15, 0.2) is 0 Å². The first-order chi connectivity index (χ1) is 9.15. The molecular weight excluding hydrogens is 296 g/mol. The number of nitrogens with two attached hydrogens (primary N) is 1. The van der Waals surface area contributed by atoms with Gasteiger partial charge in [-0.25, -0.2) is 8.42 Å². The molecule has 2 atom stereocenters. The number of carbonyl (C=O) groups excluding carboxylic acids is 1. The summed E-state index contributed by atoms with van der Waals surface area (Å²) in [7, 11) is -2.92. The molecule has 1 aliphatic rings. The van der Waals surface area contributed by atoms with E-state index < -0.39 is 15.4 Å². The molecule has 1 fully saturated rings. The lowest BCUT2D eigenvalue weighted by Gasteiger charge is -2.40. The summed E-state index contributed by atoms with van der Waals surface area (Å²) in [4.78, 5) is 11.8. The summed E-state index contributed by atoms with van der Waals surface area (Å²) >= 11 is 1.64. The average molecular weight is 322 g/mol. The largest absolute Gasteiger partial charge is 0.368 e. The van der Waals surface area contributed by atoms with Crippen molar-refractivity contribution >= 4 is 27.5 Å². The Kier molecular flexibility index (Phi) is 6.34. The maximum Gasteiger partial charge on any atom is 0.237 e. The molecule has 118 valence electrons. The lowest BCUT2D eigenvalue weighted by molar-refractivity contribution is -0.126. The zero-order chi connectivity index (χ0) is 15.4. The van der Waals surface area contributed by atoms with Crippen molar-refractivity contribution in [3.05, 3.63) is 0 Å². The molecule has 1 saturated carbocycles. The van der Waals surface area contributed by atoms with Crippen LogP contribution >= 0.6 is 11.8 Å². The van der Waals surface area contributed by atoms with Crippen molar-refractivity contribution < 1.29 is 13.2 Å². The highest BCUT2D eigenvalue weighted by molar-refractivity contribution is 8.01. The van der Waals surface area contributed by atoms with Crippen LogP contribution in [0.3, 0.4) is 0 Å². The van der Waals surface area contributed by atoms with E-state index in [9.17, 15) is 13.2 Å². The number of thioether (sulfide) groups is 1. The second kappa shape index (κ2) is 7.13. The molecule has 0 heterocycles. The van der Waals surface area contributed by atoms with Crippen LogP contribution in [0.5, 0.6) is 0 Å². The predicted octanol–water partition coefficient (Wildman–Crippen LogP) is 0.929. The smallest absolute Gasteiger partial charge is 0.237 e. The molecule has 2 unspecified atom stereocenters. The lowest BCUT2D eigenvalue weighted by Crippen LogP contribution is -2.60. The van der Waals surface area contributed by atoms with Gasteiger partial charge < -0.3 is 11.1 Å². The Morgan fingerprint density at radius 1 is 1.50 bits per heavy atom. The molecule has 1 aliphatic carbocycles.